The van der Waals surface area contributed by atoms with E-state index in [0.29, 0.717) is 5.69 Å². The lowest BCUT2D eigenvalue weighted by molar-refractivity contribution is 0.102. The topological polar surface area (TPSA) is 95.5 Å². The van der Waals surface area contributed by atoms with E-state index in [1.54, 1.807) is 42.5 Å². The zero-order valence-corrected chi connectivity index (χ0v) is 15.3. The number of phenolic OH excluding ortho intramolecular Hbond substituents is 1. The largest absolute Gasteiger partial charge is 0.506 e. The molecule has 0 aromatic heterocycles. The molecule has 0 heterocycles. The van der Waals surface area contributed by atoms with Crippen molar-refractivity contribution in [2.75, 3.05) is 10.0 Å². The average Bonchev–Trinajstić information content (AvgIpc) is 2.65. The number of carbonyl (C=O) groups excluding carboxylic acids is 1. The van der Waals surface area contributed by atoms with Crippen molar-refractivity contribution in [2.24, 2.45) is 0 Å². The van der Waals surface area contributed by atoms with E-state index in [-0.39, 0.29) is 21.9 Å². The number of sulfonamides is 1. The summed E-state index contributed by atoms with van der Waals surface area (Å²) in [5.41, 5.74) is 1.85. The average molecular weight is 382 g/mol. The number of hydrogen-bond acceptors (Lipinski definition) is 4. The van der Waals surface area contributed by atoms with Crippen molar-refractivity contribution in [2.45, 2.75) is 11.8 Å². The van der Waals surface area contributed by atoms with Crippen molar-refractivity contribution in [1.29, 1.82) is 0 Å². The van der Waals surface area contributed by atoms with Gasteiger partial charge in [0, 0.05) is 11.3 Å². The molecule has 3 N–H and O–H groups in total. The lowest BCUT2D eigenvalue weighted by Crippen LogP contribution is -2.16. The summed E-state index contributed by atoms with van der Waals surface area (Å²) in [6.07, 6.45) is 0. The first-order valence-corrected chi connectivity index (χ1v) is 9.62. The van der Waals surface area contributed by atoms with Gasteiger partial charge in [0.05, 0.1) is 10.6 Å². The molecular weight excluding hydrogens is 364 g/mol. The van der Waals surface area contributed by atoms with Crippen molar-refractivity contribution in [1.82, 2.24) is 0 Å². The zero-order chi connectivity index (χ0) is 19.4. The van der Waals surface area contributed by atoms with Gasteiger partial charge in [-0.2, -0.15) is 0 Å². The van der Waals surface area contributed by atoms with Gasteiger partial charge in [0.1, 0.15) is 5.75 Å². The SMILES string of the molecule is Cc1ccc(NS(=O)(=O)c2cccc(C(=O)Nc3ccccc3O)c2)cc1. The van der Waals surface area contributed by atoms with Gasteiger partial charge in [-0.1, -0.05) is 35.9 Å². The standard InChI is InChI=1S/C20H18N2O4S/c1-14-9-11-16(12-10-14)22-27(25,26)17-6-4-5-15(13-17)20(24)21-18-7-2-3-8-19(18)23/h2-13,22-23H,1H3,(H,21,24). The number of benzene rings is 3. The summed E-state index contributed by atoms with van der Waals surface area (Å²) in [5, 5.41) is 12.3. The van der Waals surface area contributed by atoms with E-state index in [1.165, 1.54) is 30.3 Å². The molecule has 0 aliphatic heterocycles. The third kappa shape index (κ3) is 4.45. The molecule has 0 fully saturated rings. The molecule has 0 saturated heterocycles. The van der Waals surface area contributed by atoms with Crippen LogP contribution in [0.25, 0.3) is 0 Å². The Morgan fingerprint density at radius 3 is 2.33 bits per heavy atom. The normalized spacial score (nSPS) is 11.0. The lowest BCUT2D eigenvalue weighted by atomic mass is 10.2. The Bertz CT molecular complexity index is 1080. The number of phenols is 1. The predicted octanol–water partition coefficient (Wildman–Crippen LogP) is 3.75. The number of carbonyl (C=O) groups is 1. The van der Waals surface area contributed by atoms with E-state index in [2.05, 4.69) is 10.0 Å². The lowest BCUT2D eigenvalue weighted by Gasteiger charge is -2.10. The third-order valence-corrected chi connectivity index (χ3v) is 5.24. The summed E-state index contributed by atoms with van der Waals surface area (Å²) >= 11 is 0. The fraction of sp³-hybridized carbons (Fsp3) is 0.0500. The van der Waals surface area contributed by atoms with E-state index >= 15 is 0 Å². The number of para-hydroxylation sites is 2. The molecule has 0 radical (unpaired) electrons. The van der Waals surface area contributed by atoms with Crippen LogP contribution in [-0.2, 0) is 10.0 Å². The minimum absolute atomic E-state index is 0.0343. The summed E-state index contributed by atoms with van der Waals surface area (Å²) < 4.78 is 27.7. The van der Waals surface area contributed by atoms with Gasteiger partial charge < -0.3 is 10.4 Å². The number of aromatic hydroxyl groups is 1. The summed E-state index contributed by atoms with van der Waals surface area (Å²) in [5.74, 6) is -0.598. The number of hydrogen-bond donors (Lipinski definition) is 3. The minimum atomic E-state index is -3.84. The van der Waals surface area contributed by atoms with Crippen molar-refractivity contribution in [3.05, 3.63) is 83.9 Å². The maximum atomic E-state index is 12.6. The molecule has 138 valence electrons. The molecule has 0 atom stereocenters. The monoisotopic (exact) mass is 382 g/mol. The molecule has 6 nitrogen and oxygen atoms in total. The summed E-state index contributed by atoms with van der Waals surface area (Å²) in [6, 6.07) is 18.9. The molecule has 0 aliphatic carbocycles. The van der Waals surface area contributed by atoms with Gasteiger partial charge in [-0.25, -0.2) is 8.42 Å². The molecule has 0 unspecified atom stereocenters. The van der Waals surface area contributed by atoms with Crippen molar-refractivity contribution >= 4 is 27.3 Å². The molecular formula is C20H18N2O4S. The van der Waals surface area contributed by atoms with Crippen LogP contribution < -0.4 is 10.0 Å². The van der Waals surface area contributed by atoms with E-state index in [1.807, 2.05) is 6.92 Å². The summed E-state index contributed by atoms with van der Waals surface area (Å²) in [6.45, 7) is 1.91. The second kappa shape index (κ2) is 7.51. The molecule has 0 aliphatic rings. The Kier molecular flexibility index (Phi) is 5.14. The van der Waals surface area contributed by atoms with Crippen molar-refractivity contribution in [3.63, 3.8) is 0 Å². The van der Waals surface area contributed by atoms with E-state index < -0.39 is 15.9 Å². The Hall–Kier alpha value is -3.32. The molecule has 3 rings (SSSR count). The highest BCUT2D eigenvalue weighted by Gasteiger charge is 2.17. The number of anilines is 2. The van der Waals surface area contributed by atoms with E-state index in [0.717, 1.165) is 5.56 Å². The highest BCUT2D eigenvalue weighted by Crippen LogP contribution is 2.23. The Morgan fingerprint density at radius 2 is 1.63 bits per heavy atom. The predicted molar refractivity (Wildman–Crippen MR) is 104 cm³/mol. The molecule has 3 aromatic rings. The molecule has 0 spiro atoms. The van der Waals surface area contributed by atoms with Crippen LogP contribution in [0.1, 0.15) is 15.9 Å². The van der Waals surface area contributed by atoms with Crippen molar-refractivity contribution in [3.8, 4) is 5.75 Å². The smallest absolute Gasteiger partial charge is 0.261 e. The summed E-state index contributed by atoms with van der Waals surface area (Å²) in [7, 11) is -3.84. The van der Waals surface area contributed by atoms with E-state index in [4.69, 9.17) is 0 Å². The van der Waals surface area contributed by atoms with Crippen LogP contribution in [0.2, 0.25) is 0 Å². The van der Waals surface area contributed by atoms with Crippen LogP contribution in [0.5, 0.6) is 5.75 Å². The maximum absolute atomic E-state index is 12.6. The fourth-order valence-electron chi connectivity index (χ4n) is 2.41. The van der Waals surface area contributed by atoms with Crippen LogP contribution >= 0.6 is 0 Å². The number of rotatable bonds is 5. The minimum Gasteiger partial charge on any atom is -0.506 e. The second-order valence-electron chi connectivity index (χ2n) is 5.97. The number of nitrogens with one attached hydrogen (secondary N) is 2. The quantitative estimate of drug-likeness (QED) is 0.586. The highest BCUT2D eigenvalue weighted by atomic mass is 32.2. The molecule has 7 heteroatoms. The van der Waals surface area contributed by atoms with Crippen LogP contribution in [0.15, 0.2) is 77.7 Å². The first kappa shape index (κ1) is 18.5. The molecule has 1 amide bonds. The van der Waals surface area contributed by atoms with Crippen LogP contribution in [0.4, 0.5) is 11.4 Å². The van der Waals surface area contributed by atoms with Crippen molar-refractivity contribution < 1.29 is 18.3 Å². The second-order valence-corrected chi connectivity index (χ2v) is 7.65. The first-order chi connectivity index (χ1) is 12.8. The molecule has 0 saturated carbocycles. The fourth-order valence-corrected chi connectivity index (χ4v) is 3.52. The van der Waals surface area contributed by atoms with Gasteiger partial charge in [-0.15, -0.1) is 0 Å². The van der Waals surface area contributed by atoms with Crippen LogP contribution in [0, 0.1) is 6.92 Å². The highest BCUT2D eigenvalue weighted by molar-refractivity contribution is 7.92. The van der Waals surface area contributed by atoms with Crippen LogP contribution in [0.3, 0.4) is 0 Å². The van der Waals surface area contributed by atoms with Gasteiger partial charge in [-0.3, -0.25) is 9.52 Å². The Labute approximate surface area is 157 Å². The molecule has 27 heavy (non-hydrogen) atoms. The zero-order valence-electron chi connectivity index (χ0n) is 14.5. The van der Waals surface area contributed by atoms with Gasteiger partial charge in [-0.05, 0) is 49.4 Å². The maximum Gasteiger partial charge on any atom is 0.261 e. The Morgan fingerprint density at radius 1 is 0.926 bits per heavy atom. The number of amides is 1. The van der Waals surface area contributed by atoms with Gasteiger partial charge >= 0.3 is 0 Å². The number of aryl methyl sites for hydroxylation is 1. The van der Waals surface area contributed by atoms with E-state index in [9.17, 15) is 18.3 Å². The molecule has 0 bridgehead atoms. The third-order valence-electron chi connectivity index (χ3n) is 3.86. The first-order valence-electron chi connectivity index (χ1n) is 8.14. The van der Waals surface area contributed by atoms with Crippen LogP contribution in [-0.4, -0.2) is 19.4 Å². The van der Waals surface area contributed by atoms with Gasteiger partial charge in [0.15, 0.2) is 0 Å². The Balaban J connectivity index is 1.83. The summed E-state index contributed by atoms with van der Waals surface area (Å²) in [4.78, 5) is 12.4. The molecule has 3 aromatic carbocycles. The van der Waals surface area contributed by atoms with Gasteiger partial charge in [0.2, 0.25) is 0 Å². The van der Waals surface area contributed by atoms with Gasteiger partial charge in [0.25, 0.3) is 15.9 Å².